The molecular formula is C8H3FNO3-. The van der Waals surface area contributed by atoms with Gasteiger partial charge in [-0.05, 0) is 18.2 Å². The molecule has 1 aromatic rings. The molecular weight excluding hydrogens is 177 g/mol. The van der Waals surface area contributed by atoms with E-state index < -0.39 is 17.5 Å². The van der Waals surface area contributed by atoms with Crippen molar-refractivity contribution in [1.29, 1.82) is 0 Å². The van der Waals surface area contributed by atoms with E-state index in [9.17, 15) is 19.2 Å². The van der Waals surface area contributed by atoms with Gasteiger partial charge in [-0.3, -0.25) is 9.59 Å². The number of nitrogens with zero attached hydrogens (tertiary/aromatic N) is 1. The first-order valence-electron chi connectivity index (χ1n) is 3.47. The molecule has 5 heteroatoms. The molecule has 0 N–H and O–H groups in total. The third kappa shape index (κ3) is 0.940. The summed E-state index contributed by atoms with van der Waals surface area (Å²) in [4.78, 5) is 21.8. The predicted octanol–water partition coefficient (Wildman–Crippen LogP) is 0.853. The molecule has 1 aliphatic rings. The number of halogens is 1. The Hall–Kier alpha value is -1.75. The number of benzene rings is 1. The highest BCUT2D eigenvalue weighted by atomic mass is 19.1. The van der Waals surface area contributed by atoms with E-state index in [1.807, 2.05) is 0 Å². The molecule has 0 atom stereocenters. The van der Waals surface area contributed by atoms with Gasteiger partial charge in [0.2, 0.25) is 0 Å². The molecule has 66 valence electrons. The van der Waals surface area contributed by atoms with Crippen LogP contribution in [0.5, 0.6) is 0 Å². The number of hydroxylamine groups is 1. The topological polar surface area (TPSA) is 60.4 Å². The number of fused-ring (bicyclic) bond motifs is 1. The Labute approximate surface area is 72.2 Å². The van der Waals surface area contributed by atoms with Crippen LogP contribution in [0.2, 0.25) is 0 Å². The van der Waals surface area contributed by atoms with Crippen LogP contribution in [0.4, 0.5) is 10.1 Å². The zero-order chi connectivity index (χ0) is 9.59. The number of Topliss-reactive ketones (excluding diaryl/α,β-unsaturated/α-hetero) is 1. The SMILES string of the molecule is O=C1C(=O)N([O-])c2ccc(F)cc21. The maximum absolute atomic E-state index is 12.6. The van der Waals surface area contributed by atoms with Crippen LogP contribution in [0, 0.1) is 11.0 Å². The average Bonchev–Trinajstić information content (AvgIpc) is 2.32. The zero-order valence-corrected chi connectivity index (χ0v) is 6.28. The van der Waals surface area contributed by atoms with Gasteiger partial charge in [-0.1, -0.05) is 0 Å². The Balaban J connectivity index is 2.67. The molecule has 0 aliphatic carbocycles. The lowest BCUT2D eigenvalue weighted by Gasteiger charge is -2.20. The van der Waals surface area contributed by atoms with E-state index in [2.05, 4.69) is 0 Å². The second kappa shape index (κ2) is 2.37. The molecule has 2 rings (SSSR count). The first-order valence-corrected chi connectivity index (χ1v) is 3.47. The van der Waals surface area contributed by atoms with Gasteiger partial charge in [-0.25, -0.2) is 4.39 Å². The van der Waals surface area contributed by atoms with Gasteiger partial charge in [-0.2, -0.15) is 0 Å². The fourth-order valence-electron chi connectivity index (χ4n) is 1.18. The van der Waals surface area contributed by atoms with Gasteiger partial charge in [0.1, 0.15) is 5.82 Å². The smallest absolute Gasteiger partial charge is 0.288 e. The van der Waals surface area contributed by atoms with E-state index in [-0.39, 0.29) is 16.3 Å². The van der Waals surface area contributed by atoms with E-state index in [0.717, 1.165) is 18.2 Å². The van der Waals surface area contributed by atoms with Crippen molar-refractivity contribution >= 4 is 17.4 Å². The lowest BCUT2D eigenvalue weighted by molar-refractivity contribution is -0.113. The molecule has 0 bridgehead atoms. The number of rotatable bonds is 0. The Morgan fingerprint density at radius 1 is 1.31 bits per heavy atom. The van der Waals surface area contributed by atoms with Crippen molar-refractivity contribution < 1.29 is 14.0 Å². The monoisotopic (exact) mass is 180 g/mol. The molecule has 0 spiro atoms. The highest BCUT2D eigenvalue weighted by Gasteiger charge is 2.30. The highest BCUT2D eigenvalue weighted by molar-refractivity contribution is 6.52. The van der Waals surface area contributed by atoms with Crippen LogP contribution in [0.3, 0.4) is 0 Å². The lowest BCUT2D eigenvalue weighted by Crippen LogP contribution is -2.22. The number of carbonyl (C=O) groups is 2. The summed E-state index contributed by atoms with van der Waals surface area (Å²) >= 11 is 0. The summed E-state index contributed by atoms with van der Waals surface area (Å²) in [5.41, 5.74) is -0.253. The maximum Gasteiger partial charge on any atom is 0.288 e. The number of amides is 1. The Kier molecular flexibility index (Phi) is 1.43. The summed E-state index contributed by atoms with van der Waals surface area (Å²) in [6, 6.07) is 3.02. The van der Waals surface area contributed by atoms with Crippen LogP contribution in [-0.4, -0.2) is 11.7 Å². The largest absolute Gasteiger partial charge is 0.751 e. The minimum absolute atomic E-state index is 0.0306. The second-order valence-electron chi connectivity index (χ2n) is 2.59. The van der Waals surface area contributed by atoms with Gasteiger partial charge in [0.25, 0.3) is 11.7 Å². The Bertz CT molecular complexity index is 416. The number of hydrogen-bond donors (Lipinski definition) is 0. The Morgan fingerprint density at radius 2 is 2.00 bits per heavy atom. The highest BCUT2D eigenvalue weighted by Crippen LogP contribution is 2.28. The quantitative estimate of drug-likeness (QED) is 0.556. The van der Waals surface area contributed by atoms with E-state index in [1.165, 1.54) is 0 Å². The molecule has 0 unspecified atom stereocenters. The molecule has 1 amide bonds. The molecule has 4 nitrogen and oxygen atoms in total. The number of carbonyl (C=O) groups excluding carboxylic acids is 2. The molecule has 0 saturated carbocycles. The van der Waals surface area contributed by atoms with Crippen LogP contribution >= 0.6 is 0 Å². The van der Waals surface area contributed by atoms with Gasteiger partial charge in [0.05, 0.1) is 5.56 Å². The predicted molar refractivity (Wildman–Crippen MR) is 41.6 cm³/mol. The van der Waals surface area contributed by atoms with E-state index in [0.29, 0.717) is 0 Å². The summed E-state index contributed by atoms with van der Waals surface area (Å²) in [6.45, 7) is 0. The van der Waals surface area contributed by atoms with Crippen LogP contribution < -0.4 is 5.06 Å². The molecule has 0 saturated heterocycles. The average molecular weight is 180 g/mol. The zero-order valence-electron chi connectivity index (χ0n) is 6.28. The fourth-order valence-corrected chi connectivity index (χ4v) is 1.18. The number of hydrogen-bond acceptors (Lipinski definition) is 3. The summed E-state index contributed by atoms with van der Waals surface area (Å²) < 4.78 is 12.6. The van der Waals surface area contributed by atoms with Crippen molar-refractivity contribution in [2.75, 3.05) is 5.06 Å². The maximum atomic E-state index is 12.6. The van der Waals surface area contributed by atoms with Crippen molar-refractivity contribution in [2.45, 2.75) is 0 Å². The van der Waals surface area contributed by atoms with Gasteiger partial charge in [-0.15, -0.1) is 0 Å². The van der Waals surface area contributed by atoms with Gasteiger partial charge < -0.3 is 10.3 Å². The van der Waals surface area contributed by atoms with E-state index in [1.54, 1.807) is 0 Å². The molecule has 1 aromatic carbocycles. The Morgan fingerprint density at radius 3 is 2.69 bits per heavy atom. The van der Waals surface area contributed by atoms with Gasteiger partial charge >= 0.3 is 0 Å². The molecule has 13 heavy (non-hydrogen) atoms. The second-order valence-corrected chi connectivity index (χ2v) is 2.59. The first kappa shape index (κ1) is 7.88. The van der Waals surface area contributed by atoms with E-state index >= 15 is 0 Å². The summed E-state index contributed by atoms with van der Waals surface area (Å²) in [7, 11) is 0. The van der Waals surface area contributed by atoms with Crippen LogP contribution in [0.15, 0.2) is 18.2 Å². The summed E-state index contributed by atoms with van der Waals surface area (Å²) in [5, 5.41) is 10.9. The molecule has 0 aromatic heterocycles. The summed E-state index contributed by atoms with van der Waals surface area (Å²) in [5.74, 6) is -2.76. The first-order chi connectivity index (χ1) is 6.11. The lowest BCUT2D eigenvalue weighted by atomic mass is 10.1. The van der Waals surface area contributed by atoms with Crippen molar-refractivity contribution in [3.63, 3.8) is 0 Å². The third-order valence-electron chi connectivity index (χ3n) is 1.80. The fraction of sp³-hybridized carbons (Fsp3) is 0. The van der Waals surface area contributed by atoms with Crippen molar-refractivity contribution in [1.82, 2.24) is 0 Å². The minimum atomic E-state index is -1.17. The van der Waals surface area contributed by atoms with Crippen LogP contribution in [-0.2, 0) is 4.79 Å². The summed E-state index contributed by atoms with van der Waals surface area (Å²) in [6.07, 6.45) is 0. The normalized spacial score (nSPS) is 15.1. The van der Waals surface area contributed by atoms with Gasteiger partial charge in [0.15, 0.2) is 0 Å². The molecule has 0 fully saturated rings. The van der Waals surface area contributed by atoms with Crippen LogP contribution in [0.25, 0.3) is 0 Å². The van der Waals surface area contributed by atoms with E-state index in [4.69, 9.17) is 0 Å². The van der Waals surface area contributed by atoms with Gasteiger partial charge in [0, 0.05) is 5.69 Å². The van der Waals surface area contributed by atoms with Crippen LogP contribution in [0.1, 0.15) is 10.4 Å². The minimum Gasteiger partial charge on any atom is -0.751 e. The van der Waals surface area contributed by atoms with Crippen molar-refractivity contribution in [3.8, 4) is 0 Å². The number of ketones is 1. The molecule has 0 radical (unpaired) electrons. The van der Waals surface area contributed by atoms with Crippen molar-refractivity contribution in [3.05, 3.63) is 34.8 Å². The molecule has 1 heterocycles. The number of anilines is 1. The standard InChI is InChI=1S/C8H3FNO3/c9-4-1-2-6-5(3-4)7(11)8(12)10(6)13/h1-3H/q-1. The third-order valence-corrected chi connectivity index (χ3v) is 1.80. The van der Waals surface area contributed by atoms with Crippen molar-refractivity contribution in [2.24, 2.45) is 0 Å². The molecule has 1 aliphatic heterocycles.